The number of carboxylic acids is 2. The Kier molecular flexibility index (Phi) is 9.43. The number of hydrogen-bond acceptors (Lipinski definition) is 12. The number of ketones is 1. The summed E-state index contributed by atoms with van der Waals surface area (Å²) >= 11 is 2.39. The lowest BCUT2D eigenvalue weighted by molar-refractivity contribution is -0.941. The van der Waals surface area contributed by atoms with Gasteiger partial charge in [0.2, 0.25) is 11.5 Å². The summed E-state index contributed by atoms with van der Waals surface area (Å²) in [5.41, 5.74) is 8.04. The van der Waals surface area contributed by atoms with Crippen LogP contribution >= 0.6 is 23.1 Å². The third-order valence-electron chi connectivity index (χ3n) is 9.05. The van der Waals surface area contributed by atoms with Crippen molar-refractivity contribution in [2.24, 2.45) is 11.1 Å². The first-order valence-electron chi connectivity index (χ1n) is 15.8. The van der Waals surface area contributed by atoms with Crippen molar-refractivity contribution in [3.8, 4) is 11.5 Å². The third-order valence-corrected chi connectivity index (χ3v) is 11.1. The van der Waals surface area contributed by atoms with Gasteiger partial charge in [0.25, 0.3) is 0 Å². The van der Waals surface area contributed by atoms with Gasteiger partial charge in [0.15, 0.2) is 28.1 Å². The number of aliphatic carboxylic acids is 2. The number of thiazole rings is 1. The van der Waals surface area contributed by atoms with E-state index >= 15 is 0 Å². The number of nitrogen functional groups attached to an aromatic ring is 1. The van der Waals surface area contributed by atoms with E-state index in [1.165, 1.54) is 35.9 Å². The molecule has 1 saturated heterocycles. The smallest absolute Gasteiger partial charge is 0.352 e. The van der Waals surface area contributed by atoms with E-state index in [0.717, 1.165) is 53.2 Å². The second kappa shape index (κ2) is 13.5. The number of benzene rings is 2. The summed E-state index contributed by atoms with van der Waals surface area (Å²) in [6, 6.07) is 11.1. The number of quaternary nitrogens is 1. The monoisotopic (exact) mass is 734 g/mol. The predicted octanol–water partition coefficient (Wildman–Crippen LogP) is 3.92. The zero-order valence-corrected chi connectivity index (χ0v) is 29.5. The lowest BCUT2D eigenvalue weighted by Gasteiger charge is -2.49. The Morgan fingerprint density at radius 3 is 2.31 bits per heavy atom. The molecule has 0 radical (unpaired) electrons. The summed E-state index contributed by atoms with van der Waals surface area (Å²) in [7, 11) is 2.12. The third kappa shape index (κ3) is 7.20. The number of fused-ring (bicyclic) bond motifs is 2. The Bertz CT molecular complexity index is 2010. The van der Waals surface area contributed by atoms with Gasteiger partial charge in [-0.15, -0.1) is 23.1 Å². The number of aromatic nitrogens is 1. The lowest BCUT2D eigenvalue weighted by Crippen LogP contribution is -2.62. The fraction of sp³-hybridized carbons (Fsp3) is 0.314. The first-order chi connectivity index (χ1) is 24.0. The van der Waals surface area contributed by atoms with E-state index < -0.39 is 40.5 Å². The number of Topliss-reactive ketones (excluding diaryl/α,β-unsaturated/α-hetero) is 1. The van der Waals surface area contributed by atoms with Crippen LogP contribution in [0.25, 0.3) is 6.08 Å². The number of phenols is 2. The van der Waals surface area contributed by atoms with Gasteiger partial charge < -0.3 is 35.5 Å². The van der Waals surface area contributed by atoms with Gasteiger partial charge in [-0.25, -0.2) is 14.6 Å². The van der Waals surface area contributed by atoms with Crippen LogP contribution in [0.3, 0.4) is 0 Å². The van der Waals surface area contributed by atoms with Crippen molar-refractivity contribution >= 4 is 63.6 Å². The molecule has 6 N–H and O–H groups in total. The summed E-state index contributed by atoms with van der Waals surface area (Å²) in [5.74, 6) is -4.51. The SMILES string of the molecule is CC(C)(O/N=C(\C(=O)C[C@@H]1C(=O)N2C(C(=O)O)=C(/C=C\c3ccc(C[N+]4(C)Cc5cc(O)c(O)cc5C4)cc3)CS[C@H]12)c1csc(N)n1)C(=O)O. The number of carboxylic acid groups (broad SMARTS) is 2. The molecule has 3 aliphatic heterocycles. The largest absolute Gasteiger partial charge is 0.504 e. The van der Waals surface area contributed by atoms with Gasteiger partial charge in [-0.05, 0) is 37.1 Å². The van der Waals surface area contributed by atoms with Crippen molar-refractivity contribution in [1.29, 1.82) is 0 Å². The Morgan fingerprint density at radius 2 is 1.75 bits per heavy atom. The highest BCUT2D eigenvalue weighted by Gasteiger charge is 2.54. The number of nitrogens with two attached hydrogens (primary N) is 1. The molecule has 16 heteroatoms. The minimum atomic E-state index is -1.75. The number of β-lactam (4-membered cyclic amide) rings is 1. The zero-order chi connectivity index (χ0) is 36.8. The zero-order valence-electron chi connectivity index (χ0n) is 27.9. The molecule has 1 aromatic heterocycles. The second-order valence-electron chi connectivity index (χ2n) is 13.5. The molecule has 1 fully saturated rings. The van der Waals surface area contributed by atoms with Crippen LogP contribution in [0.2, 0.25) is 0 Å². The predicted molar refractivity (Wildman–Crippen MR) is 189 cm³/mol. The average Bonchev–Trinajstić information content (AvgIpc) is 3.64. The summed E-state index contributed by atoms with van der Waals surface area (Å²) in [6.07, 6.45) is 3.17. The maximum atomic E-state index is 13.4. The number of anilines is 1. The number of oxime groups is 1. The first kappa shape index (κ1) is 35.6. The van der Waals surface area contributed by atoms with E-state index in [1.807, 2.05) is 24.3 Å². The van der Waals surface area contributed by atoms with Gasteiger partial charge in [-0.2, -0.15) is 0 Å². The van der Waals surface area contributed by atoms with Crippen molar-refractivity contribution in [3.63, 3.8) is 0 Å². The van der Waals surface area contributed by atoms with Crippen LogP contribution in [0.15, 0.2) is 64.3 Å². The molecule has 6 rings (SSSR count). The molecule has 0 spiro atoms. The molecular formula is C35H36N5O9S2+. The molecule has 51 heavy (non-hydrogen) atoms. The minimum absolute atomic E-state index is 0.0786. The van der Waals surface area contributed by atoms with Gasteiger partial charge in [0.1, 0.15) is 31.0 Å². The van der Waals surface area contributed by atoms with Crippen LogP contribution in [-0.2, 0) is 43.7 Å². The molecule has 1 amide bonds. The minimum Gasteiger partial charge on any atom is -0.504 e. The van der Waals surface area contributed by atoms with Crippen molar-refractivity contribution in [2.75, 3.05) is 18.5 Å². The van der Waals surface area contributed by atoms with E-state index in [1.54, 1.807) is 24.3 Å². The molecule has 3 aromatic rings. The average molecular weight is 735 g/mol. The summed E-state index contributed by atoms with van der Waals surface area (Å²) in [4.78, 5) is 61.2. The Labute approximate surface area is 300 Å². The number of thioether (sulfide) groups is 1. The molecule has 266 valence electrons. The topological polar surface area (TPSA) is 213 Å². The second-order valence-corrected chi connectivity index (χ2v) is 15.5. The van der Waals surface area contributed by atoms with E-state index in [-0.39, 0.29) is 45.9 Å². The maximum Gasteiger partial charge on any atom is 0.352 e. The van der Waals surface area contributed by atoms with Gasteiger partial charge in [0, 0.05) is 34.2 Å². The number of carbonyl (C=O) groups is 4. The number of amides is 1. The van der Waals surface area contributed by atoms with Crippen molar-refractivity contribution in [1.82, 2.24) is 9.88 Å². The molecule has 2 aromatic carbocycles. The van der Waals surface area contributed by atoms with E-state index in [9.17, 15) is 39.6 Å². The number of hydrogen-bond donors (Lipinski definition) is 5. The number of nitrogens with zero attached hydrogens (tertiary/aromatic N) is 4. The van der Waals surface area contributed by atoms with Gasteiger partial charge >= 0.3 is 11.9 Å². The quantitative estimate of drug-likeness (QED) is 0.0589. The molecule has 0 bridgehead atoms. The number of carbonyl (C=O) groups excluding carboxylic acids is 2. The van der Waals surface area contributed by atoms with Crippen molar-refractivity contribution in [2.45, 2.75) is 50.9 Å². The van der Waals surface area contributed by atoms with Gasteiger partial charge in [0.05, 0.1) is 18.3 Å². The Morgan fingerprint density at radius 1 is 1.10 bits per heavy atom. The fourth-order valence-electron chi connectivity index (χ4n) is 6.36. The molecule has 14 nitrogen and oxygen atoms in total. The van der Waals surface area contributed by atoms with Crippen LogP contribution < -0.4 is 5.73 Å². The summed E-state index contributed by atoms with van der Waals surface area (Å²) in [5, 5.41) is 44.2. The first-order valence-corrected chi connectivity index (χ1v) is 17.8. The van der Waals surface area contributed by atoms with Crippen LogP contribution in [0, 0.1) is 5.92 Å². The highest BCUT2D eigenvalue weighted by atomic mass is 32.2. The fourth-order valence-corrected chi connectivity index (χ4v) is 8.29. The van der Waals surface area contributed by atoms with Gasteiger partial charge in [-0.3, -0.25) is 14.5 Å². The molecule has 0 unspecified atom stereocenters. The lowest BCUT2D eigenvalue weighted by atomic mass is 9.89. The van der Waals surface area contributed by atoms with Crippen LogP contribution in [0.4, 0.5) is 5.13 Å². The van der Waals surface area contributed by atoms with E-state index in [2.05, 4.69) is 17.2 Å². The van der Waals surface area contributed by atoms with Crippen LogP contribution in [0.5, 0.6) is 11.5 Å². The van der Waals surface area contributed by atoms with Crippen molar-refractivity contribution < 1.29 is 48.9 Å². The Hall–Kier alpha value is -5.19. The van der Waals surface area contributed by atoms with E-state index in [0.29, 0.717) is 10.1 Å². The van der Waals surface area contributed by atoms with Crippen LogP contribution in [0.1, 0.15) is 48.2 Å². The standard InChI is InChI=1S/C35H35N5O9S2/c1-35(2,33(47)48)49-38-28(24-17-51-34(36)37-24)27(43)12-23-30(44)39-29(32(45)46)20(16-50-31(23)39)9-8-18-4-6-19(7-5-18)13-40(3)14-21-10-25(41)26(42)11-22(21)15-40/h4-11,17,23,31H,12-16H2,1-3H3,(H5-,36,37,38,41,42,43,45,46,47,48)/p+1/b9-8-/t23-,31-/m1/s1. The number of phenolic OH excluding ortho intramolecular Hbond substituents is 2. The summed E-state index contributed by atoms with van der Waals surface area (Å²) in [6.45, 7) is 4.69. The molecule has 2 atom stereocenters. The highest BCUT2D eigenvalue weighted by molar-refractivity contribution is 8.00. The number of rotatable bonds is 12. The molecule has 4 heterocycles. The maximum absolute atomic E-state index is 13.4. The molecule has 3 aliphatic rings. The summed E-state index contributed by atoms with van der Waals surface area (Å²) < 4.78 is 0.682. The van der Waals surface area contributed by atoms with Crippen LogP contribution in [-0.4, -0.2) is 87.9 Å². The molecule has 0 saturated carbocycles. The Balaban J connectivity index is 1.13. The number of allylic oxidation sites excluding steroid dienone is 1. The molecular weight excluding hydrogens is 699 g/mol. The molecule has 0 aliphatic carbocycles. The van der Waals surface area contributed by atoms with Crippen molar-refractivity contribution in [3.05, 3.63) is 87.1 Å². The number of aromatic hydroxyl groups is 2. The van der Waals surface area contributed by atoms with E-state index in [4.69, 9.17) is 10.6 Å². The van der Waals surface area contributed by atoms with Gasteiger partial charge in [-0.1, -0.05) is 41.6 Å². The normalized spacial score (nSPS) is 19.9. The highest BCUT2D eigenvalue weighted by Crippen LogP contribution is 2.46.